The number of ether oxygens (including phenoxy) is 2. The Labute approximate surface area is 139 Å². The van der Waals surface area contributed by atoms with Crippen LogP contribution in [0.4, 0.5) is 5.69 Å². The zero-order valence-electron chi connectivity index (χ0n) is 11.4. The lowest BCUT2D eigenvalue weighted by molar-refractivity contribution is 0.102. The van der Waals surface area contributed by atoms with Gasteiger partial charge in [0.2, 0.25) is 0 Å². The van der Waals surface area contributed by atoms with Crippen LogP contribution in [-0.2, 0) is 0 Å². The Balaban J connectivity index is 2.23. The summed E-state index contributed by atoms with van der Waals surface area (Å²) in [6.45, 7) is 0. The minimum absolute atomic E-state index is 0.207. The van der Waals surface area contributed by atoms with Crippen LogP contribution >= 0.6 is 31.9 Å². The van der Waals surface area contributed by atoms with Crippen LogP contribution in [0.2, 0.25) is 0 Å². The smallest absolute Gasteiger partial charge is 0.256 e. The van der Waals surface area contributed by atoms with Crippen molar-refractivity contribution in [2.75, 3.05) is 19.5 Å². The summed E-state index contributed by atoms with van der Waals surface area (Å²) in [6.07, 6.45) is 0. The lowest BCUT2D eigenvalue weighted by Crippen LogP contribution is -2.12. The van der Waals surface area contributed by atoms with Crippen LogP contribution in [0.3, 0.4) is 0 Å². The van der Waals surface area contributed by atoms with Crippen molar-refractivity contribution in [3.63, 3.8) is 0 Å². The molecule has 2 rings (SSSR count). The monoisotopic (exact) mass is 413 g/mol. The van der Waals surface area contributed by atoms with Gasteiger partial charge in [-0.2, -0.15) is 0 Å². The number of rotatable bonds is 4. The van der Waals surface area contributed by atoms with Gasteiger partial charge in [-0.3, -0.25) is 4.79 Å². The van der Waals surface area contributed by atoms with Crippen molar-refractivity contribution < 1.29 is 14.3 Å². The van der Waals surface area contributed by atoms with E-state index in [2.05, 4.69) is 37.2 Å². The molecule has 0 bridgehead atoms. The molecule has 1 N–H and O–H groups in total. The molecule has 2 aromatic rings. The number of halogens is 2. The molecule has 0 aliphatic heterocycles. The highest BCUT2D eigenvalue weighted by Gasteiger charge is 2.12. The highest BCUT2D eigenvalue weighted by atomic mass is 79.9. The number of benzene rings is 2. The van der Waals surface area contributed by atoms with Crippen LogP contribution in [-0.4, -0.2) is 20.1 Å². The third kappa shape index (κ3) is 3.77. The zero-order valence-corrected chi connectivity index (χ0v) is 14.6. The van der Waals surface area contributed by atoms with Gasteiger partial charge in [0.15, 0.2) is 11.5 Å². The second-order valence-electron chi connectivity index (χ2n) is 4.15. The van der Waals surface area contributed by atoms with E-state index in [1.165, 1.54) is 0 Å². The van der Waals surface area contributed by atoms with Crippen molar-refractivity contribution >= 4 is 43.5 Å². The number of anilines is 1. The average molecular weight is 415 g/mol. The Morgan fingerprint density at radius 1 is 1.00 bits per heavy atom. The molecule has 0 fully saturated rings. The number of hydrogen-bond acceptors (Lipinski definition) is 3. The van der Waals surface area contributed by atoms with Gasteiger partial charge in [0.1, 0.15) is 0 Å². The van der Waals surface area contributed by atoms with E-state index in [1.807, 2.05) is 12.1 Å². The lowest BCUT2D eigenvalue weighted by Gasteiger charge is -2.11. The van der Waals surface area contributed by atoms with Crippen LogP contribution in [0.15, 0.2) is 45.3 Å². The van der Waals surface area contributed by atoms with Crippen molar-refractivity contribution in [2.45, 2.75) is 0 Å². The molecule has 4 nitrogen and oxygen atoms in total. The Hall–Kier alpha value is -1.53. The third-order valence-electron chi connectivity index (χ3n) is 2.82. The van der Waals surface area contributed by atoms with E-state index in [9.17, 15) is 4.79 Å². The van der Waals surface area contributed by atoms with Crippen molar-refractivity contribution in [3.05, 3.63) is 50.9 Å². The molecule has 0 saturated heterocycles. The molecule has 6 heteroatoms. The Bertz CT molecular complexity index is 674. The van der Waals surface area contributed by atoms with E-state index in [-0.39, 0.29) is 5.91 Å². The normalized spacial score (nSPS) is 10.1. The summed E-state index contributed by atoms with van der Waals surface area (Å²) in [5.41, 5.74) is 1.18. The quantitative estimate of drug-likeness (QED) is 0.802. The van der Waals surface area contributed by atoms with Gasteiger partial charge in [-0.15, -0.1) is 0 Å². The van der Waals surface area contributed by atoms with Crippen molar-refractivity contribution in [2.24, 2.45) is 0 Å². The predicted molar refractivity (Wildman–Crippen MR) is 89.3 cm³/mol. The summed E-state index contributed by atoms with van der Waals surface area (Å²) in [4.78, 5) is 12.3. The molecule has 0 spiro atoms. The molecule has 0 unspecified atom stereocenters. The number of carbonyl (C=O) groups excluding carboxylic acids is 1. The highest BCUT2D eigenvalue weighted by molar-refractivity contribution is 9.11. The van der Waals surface area contributed by atoms with Gasteiger partial charge in [-0.1, -0.05) is 15.9 Å². The molecule has 21 heavy (non-hydrogen) atoms. The van der Waals surface area contributed by atoms with Crippen LogP contribution in [0.25, 0.3) is 0 Å². The summed E-state index contributed by atoms with van der Waals surface area (Å²) < 4.78 is 12.0. The van der Waals surface area contributed by atoms with Crippen molar-refractivity contribution in [3.8, 4) is 11.5 Å². The van der Waals surface area contributed by atoms with Crippen LogP contribution < -0.4 is 14.8 Å². The van der Waals surface area contributed by atoms with E-state index in [0.29, 0.717) is 22.7 Å². The summed E-state index contributed by atoms with van der Waals surface area (Å²) in [5.74, 6) is 0.965. The summed E-state index contributed by atoms with van der Waals surface area (Å²) in [5, 5.41) is 2.82. The molecule has 0 radical (unpaired) electrons. The van der Waals surface area contributed by atoms with Gasteiger partial charge < -0.3 is 14.8 Å². The van der Waals surface area contributed by atoms with Gasteiger partial charge in [-0.25, -0.2) is 0 Å². The molecule has 1 amide bonds. The Morgan fingerprint density at radius 3 is 2.33 bits per heavy atom. The van der Waals surface area contributed by atoms with Gasteiger partial charge in [-0.05, 0) is 46.3 Å². The molecule has 110 valence electrons. The second kappa shape index (κ2) is 6.95. The maximum Gasteiger partial charge on any atom is 0.256 e. The lowest BCUT2D eigenvalue weighted by atomic mass is 10.2. The molecule has 0 aromatic heterocycles. The predicted octanol–water partition coefficient (Wildman–Crippen LogP) is 4.48. The van der Waals surface area contributed by atoms with E-state index >= 15 is 0 Å². The molecule has 2 aromatic carbocycles. The SMILES string of the molecule is COc1ccc(NC(=O)c2ccc(Br)cc2Br)cc1OC. The largest absolute Gasteiger partial charge is 0.493 e. The minimum atomic E-state index is -0.207. The van der Waals surface area contributed by atoms with Gasteiger partial charge in [0.25, 0.3) is 5.91 Å². The van der Waals surface area contributed by atoms with Crippen LogP contribution in [0.1, 0.15) is 10.4 Å². The number of amides is 1. The maximum atomic E-state index is 12.3. The first-order valence-electron chi connectivity index (χ1n) is 6.03. The maximum absolute atomic E-state index is 12.3. The summed E-state index contributed by atoms with van der Waals surface area (Å²) in [6, 6.07) is 10.6. The van der Waals surface area contributed by atoms with Crippen molar-refractivity contribution in [1.29, 1.82) is 0 Å². The number of methoxy groups -OCH3 is 2. The fraction of sp³-hybridized carbons (Fsp3) is 0.133. The zero-order chi connectivity index (χ0) is 15.4. The topological polar surface area (TPSA) is 47.6 Å². The first kappa shape index (κ1) is 15.9. The number of hydrogen-bond donors (Lipinski definition) is 1. The van der Waals surface area contributed by atoms with Crippen LogP contribution in [0, 0.1) is 0 Å². The molecule has 0 saturated carbocycles. The molecule has 0 heterocycles. The first-order chi connectivity index (χ1) is 10.0. The van der Waals surface area contributed by atoms with Gasteiger partial charge in [0.05, 0.1) is 19.8 Å². The van der Waals surface area contributed by atoms with Gasteiger partial charge in [0, 0.05) is 20.7 Å². The molecule has 0 aliphatic rings. The average Bonchev–Trinajstić information content (AvgIpc) is 2.46. The highest BCUT2D eigenvalue weighted by Crippen LogP contribution is 2.30. The Morgan fingerprint density at radius 2 is 1.71 bits per heavy atom. The third-order valence-corrected chi connectivity index (χ3v) is 3.97. The fourth-order valence-corrected chi connectivity index (χ4v) is 3.01. The van der Waals surface area contributed by atoms with E-state index in [0.717, 1.165) is 8.95 Å². The van der Waals surface area contributed by atoms with Gasteiger partial charge >= 0.3 is 0 Å². The summed E-state index contributed by atoms with van der Waals surface area (Å²) >= 11 is 6.73. The van der Waals surface area contributed by atoms with Crippen molar-refractivity contribution in [1.82, 2.24) is 0 Å². The van der Waals surface area contributed by atoms with E-state index in [1.54, 1.807) is 38.5 Å². The summed E-state index contributed by atoms with van der Waals surface area (Å²) in [7, 11) is 3.11. The number of nitrogens with one attached hydrogen (secondary N) is 1. The first-order valence-corrected chi connectivity index (χ1v) is 7.62. The minimum Gasteiger partial charge on any atom is -0.493 e. The van der Waals surface area contributed by atoms with E-state index in [4.69, 9.17) is 9.47 Å². The molecular formula is C15H13Br2NO3. The molecule has 0 atom stereocenters. The molecular weight excluding hydrogens is 402 g/mol. The number of carbonyl (C=O) groups is 1. The van der Waals surface area contributed by atoms with E-state index < -0.39 is 0 Å². The second-order valence-corrected chi connectivity index (χ2v) is 5.92. The van der Waals surface area contributed by atoms with Crippen LogP contribution in [0.5, 0.6) is 11.5 Å². The fourth-order valence-electron chi connectivity index (χ4n) is 1.79. The Kier molecular flexibility index (Phi) is 5.25. The molecule has 0 aliphatic carbocycles. The standard InChI is InChI=1S/C15H13Br2NO3/c1-20-13-6-4-10(8-14(13)21-2)18-15(19)11-5-3-9(16)7-12(11)17/h3-8H,1-2H3,(H,18,19).